The van der Waals surface area contributed by atoms with Crippen LogP contribution in [-0.2, 0) is 17.3 Å². The molecule has 1 aromatic heterocycles. The van der Waals surface area contributed by atoms with Crippen molar-refractivity contribution in [2.75, 3.05) is 5.75 Å². The van der Waals surface area contributed by atoms with Gasteiger partial charge in [0.05, 0.1) is 0 Å². The molecule has 4 heteroatoms. The molecule has 1 N–H and O–H groups in total. The molecule has 2 nitrogen and oxygen atoms in total. The van der Waals surface area contributed by atoms with Gasteiger partial charge in [0, 0.05) is 39.3 Å². The third-order valence-corrected chi connectivity index (χ3v) is 6.57. The molecule has 0 saturated heterocycles. The second kappa shape index (κ2) is 6.83. The van der Waals surface area contributed by atoms with Crippen LogP contribution in [0.3, 0.4) is 0 Å². The summed E-state index contributed by atoms with van der Waals surface area (Å²) in [5.74, 6) is 0.807. The Hall–Kier alpha value is -0.190. The molecule has 1 saturated carbocycles. The first-order valence-electron chi connectivity index (χ1n) is 6.84. The van der Waals surface area contributed by atoms with Gasteiger partial charge in [0.25, 0.3) is 0 Å². The summed E-state index contributed by atoms with van der Waals surface area (Å²) in [6.45, 7) is 5.17. The van der Waals surface area contributed by atoms with Gasteiger partial charge in [-0.25, -0.2) is 0 Å². The van der Waals surface area contributed by atoms with Gasteiger partial charge in [0.2, 0.25) is 0 Å². The summed E-state index contributed by atoms with van der Waals surface area (Å²) in [6.07, 6.45) is 4.70. The van der Waals surface area contributed by atoms with E-state index >= 15 is 0 Å². The Balaban J connectivity index is 1.83. The normalized spacial score (nSPS) is 26.1. The van der Waals surface area contributed by atoms with Crippen LogP contribution in [0, 0.1) is 6.92 Å². The highest BCUT2D eigenvalue weighted by Gasteiger charge is 2.25. The average molecular weight is 285 g/mol. The molecule has 0 bridgehead atoms. The van der Waals surface area contributed by atoms with Crippen LogP contribution in [0.1, 0.15) is 43.0 Å². The number of rotatable bonds is 5. The highest BCUT2D eigenvalue weighted by molar-refractivity contribution is 7.85. The predicted octanol–water partition coefficient (Wildman–Crippen LogP) is 3.23. The van der Waals surface area contributed by atoms with Crippen LogP contribution in [-0.4, -0.2) is 21.3 Å². The van der Waals surface area contributed by atoms with E-state index in [1.807, 2.05) is 18.3 Å². The van der Waals surface area contributed by atoms with Crippen molar-refractivity contribution in [2.45, 2.75) is 57.4 Å². The van der Waals surface area contributed by atoms with Gasteiger partial charge in [-0.1, -0.05) is 13.3 Å². The van der Waals surface area contributed by atoms with Crippen LogP contribution in [0.5, 0.6) is 0 Å². The maximum atomic E-state index is 11.9. The maximum Gasteiger partial charge on any atom is 0.0362 e. The lowest BCUT2D eigenvalue weighted by molar-refractivity contribution is 0.376. The summed E-state index contributed by atoms with van der Waals surface area (Å²) in [4.78, 5) is 1.44. The van der Waals surface area contributed by atoms with E-state index in [4.69, 9.17) is 0 Å². The Labute approximate surface area is 117 Å². The van der Waals surface area contributed by atoms with Crippen LogP contribution in [0.2, 0.25) is 0 Å². The van der Waals surface area contributed by atoms with Crippen molar-refractivity contribution in [1.82, 2.24) is 5.32 Å². The van der Waals surface area contributed by atoms with E-state index in [0.717, 1.165) is 25.1 Å². The number of thiophene rings is 1. The fraction of sp³-hybridized carbons (Fsp3) is 0.714. The van der Waals surface area contributed by atoms with E-state index in [0.29, 0.717) is 11.3 Å². The third-order valence-electron chi connectivity index (χ3n) is 3.80. The molecule has 1 aliphatic rings. The molecule has 0 amide bonds. The van der Waals surface area contributed by atoms with Gasteiger partial charge in [-0.15, -0.1) is 11.3 Å². The van der Waals surface area contributed by atoms with Crippen molar-refractivity contribution in [2.24, 2.45) is 0 Å². The van der Waals surface area contributed by atoms with Crippen molar-refractivity contribution in [3.63, 3.8) is 0 Å². The van der Waals surface area contributed by atoms with E-state index < -0.39 is 10.8 Å². The van der Waals surface area contributed by atoms with E-state index in [1.165, 1.54) is 23.3 Å². The topological polar surface area (TPSA) is 29.1 Å². The monoisotopic (exact) mass is 285 g/mol. The number of hydrogen-bond acceptors (Lipinski definition) is 3. The number of nitrogens with one attached hydrogen (secondary N) is 1. The Morgan fingerprint density at radius 2 is 2.33 bits per heavy atom. The Morgan fingerprint density at radius 3 is 3.00 bits per heavy atom. The molecule has 1 aromatic rings. The van der Waals surface area contributed by atoms with Crippen LogP contribution in [0.25, 0.3) is 0 Å². The Morgan fingerprint density at radius 1 is 1.50 bits per heavy atom. The minimum atomic E-state index is -0.616. The lowest BCUT2D eigenvalue weighted by Crippen LogP contribution is -2.37. The van der Waals surface area contributed by atoms with Crippen molar-refractivity contribution >= 4 is 22.1 Å². The van der Waals surface area contributed by atoms with E-state index in [2.05, 4.69) is 23.7 Å². The fourth-order valence-corrected chi connectivity index (χ4v) is 4.83. The molecule has 102 valence electrons. The quantitative estimate of drug-likeness (QED) is 0.900. The number of hydrogen-bond donors (Lipinski definition) is 1. The molecule has 1 fully saturated rings. The summed E-state index contributed by atoms with van der Waals surface area (Å²) < 4.78 is 11.9. The zero-order valence-electron chi connectivity index (χ0n) is 11.3. The largest absolute Gasteiger partial charge is 0.309 e. The molecule has 0 radical (unpaired) electrons. The average Bonchev–Trinajstić information content (AvgIpc) is 2.81. The maximum absolute atomic E-state index is 11.9. The molecular weight excluding hydrogens is 262 g/mol. The lowest BCUT2D eigenvalue weighted by atomic mass is 9.95. The van der Waals surface area contributed by atoms with Crippen molar-refractivity contribution in [3.05, 3.63) is 21.9 Å². The first-order chi connectivity index (χ1) is 8.70. The number of aryl methyl sites for hydroxylation is 1. The van der Waals surface area contributed by atoms with Gasteiger partial charge >= 0.3 is 0 Å². The molecular formula is C14H23NOS2. The van der Waals surface area contributed by atoms with Gasteiger partial charge in [-0.05, 0) is 43.2 Å². The van der Waals surface area contributed by atoms with Crippen LogP contribution in [0.4, 0.5) is 0 Å². The second-order valence-electron chi connectivity index (χ2n) is 5.06. The Kier molecular flexibility index (Phi) is 5.39. The molecule has 0 spiro atoms. The van der Waals surface area contributed by atoms with Gasteiger partial charge < -0.3 is 5.32 Å². The van der Waals surface area contributed by atoms with Crippen molar-refractivity contribution < 1.29 is 4.21 Å². The van der Waals surface area contributed by atoms with E-state index in [9.17, 15) is 4.21 Å². The van der Waals surface area contributed by atoms with Gasteiger partial charge in [-0.3, -0.25) is 4.21 Å². The lowest BCUT2D eigenvalue weighted by Gasteiger charge is -2.29. The zero-order valence-corrected chi connectivity index (χ0v) is 12.9. The highest BCUT2D eigenvalue weighted by Crippen LogP contribution is 2.24. The molecule has 1 aliphatic carbocycles. The van der Waals surface area contributed by atoms with Crippen molar-refractivity contribution in [1.29, 1.82) is 0 Å². The first-order valence-corrected chi connectivity index (χ1v) is 9.10. The standard InChI is InChI=1S/C14H23NOS2/c1-3-18(16)13-6-4-5-12(9-13)15-10-14-11(2)7-8-17-14/h7-8,12-13,15H,3-6,9-10H2,1-2H3/t12-,13+,18+/m1/s1. The van der Waals surface area contributed by atoms with Crippen LogP contribution >= 0.6 is 11.3 Å². The molecule has 2 rings (SSSR count). The van der Waals surface area contributed by atoms with Crippen LogP contribution < -0.4 is 5.32 Å². The minimum absolute atomic E-state index is 0.422. The van der Waals surface area contributed by atoms with E-state index in [-0.39, 0.29) is 0 Å². The summed E-state index contributed by atoms with van der Waals surface area (Å²) in [5.41, 5.74) is 1.39. The SMILES string of the molecule is CC[S@](=O)[C@H]1CCC[C@@H](NCc2sccc2C)C1. The van der Waals surface area contributed by atoms with Gasteiger partial charge in [-0.2, -0.15) is 0 Å². The second-order valence-corrected chi connectivity index (χ2v) is 8.07. The van der Waals surface area contributed by atoms with Crippen LogP contribution in [0.15, 0.2) is 11.4 Å². The van der Waals surface area contributed by atoms with Gasteiger partial charge in [0.15, 0.2) is 0 Å². The Bertz CT molecular complexity index is 402. The third kappa shape index (κ3) is 3.65. The molecule has 0 aliphatic heterocycles. The molecule has 3 atom stereocenters. The minimum Gasteiger partial charge on any atom is -0.309 e. The predicted molar refractivity (Wildman–Crippen MR) is 80.6 cm³/mol. The zero-order chi connectivity index (χ0) is 13.0. The fourth-order valence-electron chi connectivity index (χ4n) is 2.63. The van der Waals surface area contributed by atoms with Crippen molar-refractivity contribution in [3.8, 4) is 0 Å². The highest BCUT2D eigenvalue weighted by atomic mass is 32.2. The molecule has 0 aromatic carbocycles. The summed E-state index contributed by atoms with van der Waals surface area (Å²) in [7, 11) is -0.616. The summed E-state index contributed by atoms with van der Waals surface area (Å²) >= 11 is 1.83. The molecule has 1 heterocycles. The summed E-state index contributed by atoms with van der Waals surface area (Å²) in [6, 6.07) is 2.73. The first kappa shape index (κ1) is 14.2. The molecule has 0 unspecified atom stereocenters. The van der Waals surface area contributed by atoms with E-state index in [1.54, 1.807) is 0 Å². The smallest absolute Gasteiger partial charge is 0.0362 e. The molecule has 18 heavy (non-hydrogen) atoms. The van der Waals surface area contributed by atoms with Gasteiger partial charge in [0.1, 0.15) is 0 Å². The summed E-state index contributed by atoms with van der Waals surface area (Å²) in [5, 5.41) is 6.23.